The van der Waals surface area contributed by atoms with Crippen LogP contribution in [0.4, 0.5) is 0 Å². The number of rotatable bonds is 6. The van der Waals surface area contributed by atoms with E-state index in [2.05, 4.69) is 41.3 Å². The summed E-state index contributed by atoms with van der Waals surface area (Å²) in [4.78, 5) is 6.84. The molecule has 0 saturated carbocycles. The average Bonchev–Trinajstić information content (AvgIpc) is 2.38. The molecule has 0 aromatic rings. The molecular formula is C15H33IN4. The van der Waals surface area contributed by atoms with Gasteiger partial charge in [-0.05, 0) is 38.6 Å². The van der Waals surface area contributed by atoms with Crippen LogP contribution in [0.15, 0.2) is 4.99 Å². The molecular weight excluding hydrogens is 363 g/mol. The van der Waals surface area contributed by atoms with E-state index in [1.165, 1.54) is 32.2 Å². The molecule has 0 amide bonds. The lowest BCUT2D eigenvalue weighted by Gasteiger charge is -2.33. The molecule has 1 rings (SSSR count). The second-order valence-corrected chi connectivity index (χ2v) is 5.99. The lowest BCUT2D eigenvalue weighted by Crippen LogP contribution is -2.45. The maximum atomic E-state index is 4.26. The number of aliphatic imine (C=N–C) groups is 1. The summed E-state index contributed by atoms with van der Waals surface area (Å²) < 4.78 is 0. The summed E-state index contributed by atoms with van der Waals surface area (Å²) in [6.45, 7) is 11.2. The van der Waals surface area contributed by atoms with Gasteiger partial charge in [0.05, 0.1) is 0 Å². The fourth-order valence-electron chi connectivity index (χ4n) is 2.51. The highest BCUT2D eigenvalue weighted by molar-refractivity contribution is 14.0. The Morgan fingerprint density at radius 2 is 1.95 bits per heavy atom. The van der Waals surface area contributed by atoms with Gasteiger partial charge in [0, 0.05) is 32.7 Å². The molecule has 0 bridgehead atoms. The molecule has 4 nitrogen and oxygen atoms in total. The van der Waals surface area contributed by atoms with Crippen molar-refractivity contribution in [3.8, 4) is 0 Å². The van der Waals surface area contributed by atoms with Crippen molar-refractivity contribution < 1.29 is 0 Å². The highest BCUT2D eigenvalue weighted by atomic mass is 127. The van der Waals surface area contributed by atoms with Crippen LogP contribution in [0.2, 0.25) is 0 Å². The SMILES string of the molecule is CN=C(NCCC(C)C)NCCN1CCCCC1C.I. The van der Waals surface area contributed by atoms with Crippen molar-refractivity contribution in [3.63, 3.8) is 0 Å². The average molecular weight is 396 g/mol. The largest absolute Gasteiger partial charge is 0.356 e. The van der Waals surface area contributed by atoms with Crippen molar-refractivity contribution in [1.29, 1.82) is 0 Å². The molecule has 1 saturated heterocycles. The molecule has 2 N–H and O–H groups in total. The molecule has 0 spiro atoms. The van der Waals surface area contributed by atoms with Gasteiger partial charge in [0.15, 0.2) is 5.96 Å². The second kappa shape index (κ2) is 11.6. The Kier molecular flexibility index (Phi) is 11.6. The minimum Gasteiger partial charge on any atom is -0.356 e. The van der Waals surface area contributed by atoms with E-state index in [-0.39, 0.29) is 24.0 Å². The van der Waals surface area contributed by atoms with Crippen LogP contribution in [0, 0.1) is 5.92 Å². The zero-order chi connectivity index (χ0) is 14.1. The summed E-state index contributed by atoms with van der Waals surface area (Å²) in [6, 6.07) is 0.742. The standard InChI is InChI=1S/C15H32N4.HI/c1-13(2)8-9-17-15(16-4)18-10-12-19-11-6-5-7-14(19)3;/h13-14H,5-12H2,1-4H3,(H2,16,17,18);1H. The Labute approximate surface area is 142 Å². The van der Waals surface area contributed by atoms with Crippen LogP contribution in [-0.2, 0) is 0 Å². The summed E-state index contributed by atoms with van der Waals surface area (Å²) in [6.07, 6.45) is 5.28. The van der Waals surface area contributed by atoms with Gasteiger partial charge >= 0.3 is 0 Å². The van der Waals surface area contributed by atoms with Gasteiger partial charge < -0.3 is 10.6 Å². The molecule has 120 valence electrons. The molecule has 1 fully saturated rings. The Morgan fingerprint density at radius 3 is 2.55 bits per heavy atom. The van der Waals surface area contributed by atoms with Gasteiger partial charge in [0.25, 0.3) is 0 Å². The van der Waals surface area contributed by atoms with Crippen molar-refractivity contribution in [3.05, 3.63) is 0 Å². The number of piperidine rings is 1. The van der Waals surface area contributed by atoms with Gasteiger partial charge in [0.2, 0.25) is 0 Å². The quantitative estimate of drug-likeness (QED) is 0.412. The van der Waals surface area contributed by atoms with Crippen molar-refractivity contribution in [2.45, 2.75) is 52.5 Å². The summed E-state index contributed by atoms with van der Waals surface area (Å²) >= 11 is 0. The molecule has 0 radical (unpaired) electrons. The van der Waals surface area contributed by atoms with E-state index in [0.29, 0.717) is 0 Å². The fourth-order valence-corrected chi connectivity index (χ4v) is 2.51. The summed E-state index contributed by atoms with van der Waals surface area (Å²) in [7, 11) is 1.84. The van der Waals surface area contributed by atoms with Crippen LogP contribution in [-0.4, -0.2) is 50.1 Å². The summed E-state index contributed by atoms with van der Waals surface area (Å²) in [5, 5.41) is 6.78. The molecule has 1 aliphatic rings. The highest BCUT2D eigenvalue weighted by Gasteiger charge is 2.17. The van der Waals surface area contributed by atoms with E-state index >= 15 is 0 Å². The zero-order valence-corrected chi connectivity index (χ0v) is 15.9. The van der Waals surface area contributed by atoms with Gasteiger partial charge in [-0.25, -0.2) is 0 Å². The van der Waals surface area contributed by atoms with Gasteiger partial charge in [-0.3, -0.25) is 9.89 Å². The third-order valence-electron chi connectivity index (χ3n) is 3.87. The molecule has 1 atom stereocenters. The lowest BCUT2D eigenvalue weighted by molar-refractivity contribution is 0.163. The lowest BCUT2D eigenvalue weighted by atomic mass is 10.0. The number of nitrogens with one attached hydrogen (secondary N) is 2. The Morgan fingerprint density at radius 1 is 1.25 bits per heavy atom. The maximum absolute atomic E-state index is 4.26. The van der Waals surface area contributed by atoms with Crippen molar-refractivity contribution in [2.24, 2.45) is 10.9 Å². The first-order valence-corrected chi connectivity index (χ1v) is 7.82. The molecule has 5 heteroatoms. The number of nitrogens with zero attached hydrogens (tertiary/aromatic N) is 2. The van der Waals surface area contributed by atoms with Crippen molar-refractivity contribution in [2.75, 3.05) is 33.2 Å². The first kappa shape index (κ1) is 20.0. The van der Waals surface area contributed by atoms with Crippen LogP contribution in [0.1, 0.15) is 46.5 Å². The van der Waals surface area contributed by atoms with Gasteiger partial charge in [-0.15, -0.1) is 24.0 Å². The molecule has 0 aromatic heterocycles. The third kappa shape index (κ3) is 8.29. The molecule has 0 aliphatic carbocycles. The number of halogens is 1. The predicted molar refractivity (Wildman–Crippen MR) is 99.1 cm³/mol. The Balaban J connectivity index is 0.00000361. The number of hydrogen-bond donors (Lipinski definition) is 2. The van der Waals surface area contributed by atoms with Crippen LogP contribution in [0.5, 0.6) is 0 Å². The Hall–Kier alpha value is -0.0400. The molecule has 1 heterocycles. The minimum absolute atomic E-state index is 0. The van der Waals surface area contributed by atoms with E-state index in [9.17, 15) is 0 Å². The first-order valence-electron chi connectivity index (χ1n) is 7.82. The molecule has 20 heavy (non-hydrogen) atoms. The Bertz CT molecular complexity index is 269. The van der Waals surface area contributed by atoms with Gasteiger partial charge in [0.1, 0.15) is 0 Å². The van der Waals surface area contributed by atoms with Crippen LogP contribution < -0.4 is 10.6 Å². The first-order chi connectivity index (χ1) is 9.13. The molecule has 1 aliphatic heterocycles. The number of likely N-dealkylation sites (tertiary alicyclic amines) is 1. The minimum atomic E-state index is 0. The summed E-state index contributed by atoms with van der Waals surface area (Å²) in [5.41, 5.74) is 0. The van der Waals surface area contributed by atoms with Crippen LogP contribution in [0.3, 0.4) is 0 Å². The van der Waals surface area contributed by atoms with Crippen LogP contribution in [0.25, 0.3) is 0 Å². The van der Waals surface area contributed by atoms with Gasteiger partial charge in [-0.2, -0.15) is 0 Å². The topological polar surface area (TPSA) is 39.7 Å². The van der Waals surface area contributed by atoms with Crippen molar-refractivity contribution in [1.82, 2.24) is 15.5 Å². The summed E-state index contributed by atoms with van der Waals surface area (Å²) in [5.74, 6) is 1.67. The molecule has 0 aromatic carbocycles. The fraction of sp³-hybridized carbons (Fsp3) is 0.933. The number of guanidine groups is 1. The van der Waals surface area contributed by atoms with Gasteiger partial charge in [-0.1, -0.05) is 20.3 Å². The number of hydrogen-bond acceptors (Lipinski definition) is 2. The zero-order valence-electron chi connectivity index (χ0n) is 13.6. The monoisotopic (exact) mass is 396 g/mol. The third-order valence-corrected chi connectivity index (χ3v) is 3.87. The van der Waals surface area contributed by atoms with E-state index in [0.717, 1.165) is 37.6 Å². The smallest absolute Gasteiger partial charge is 0.191 e. The van der Waals surface area contributed by atoms with E-state index in [4.69, 9.17) is 0 Å². The maximum Gasteiger partial charge on any atom is 0.191 e. The van der Waals surface area contributed by atoms with E-state index < -0.39 is 0 Å². The van der Waals surface area contributed by atoms with E-state index in [1.54, 1.807) is 0 Å². The van der Waals surface area contributed by atoms with Crippen molar-refractivity contribution >= 4 is 29.9 Å². The second-order valence-electron chi connectivity index (χ2n) is 5.99. The van der Waals surface area contributed by atoms with Crippen LogP contribution >= 0.6 is 24.0 Å². The normalized spacial score (nSPS) is 20.6. The molecule has 1 unspecified atom stereocenters. The predicted octanol–water partition coefficient (Wildman–Crippen LogP) is 2.69. The van der Waals surface area contributed by atoms with E-state index in [1.807, 2.05) is 7.05 Å². The highest BCUT2D eigenvalue weighted by Crippen LogP contribution is 2.15.